The summed E-state index contributed by atoms with van der Waals surface area (Å²) < 4.78 is 6.68. The van der Waals surface area contributed by atoms with Gasteiger partial charge in [0.25, 0.3) is 0 Å². The minimum Gasteiger partial charge on any atom is -0.396 e. The van der Waals surface area contributed by atoms with Crippen LogP contribution in [0.5, 0.6) is 0 Å². The largest absolute Gasteiger partial charge is 0.396 e. The van der Waals surface area contributed by atoms with Crippen LogP contribution in [0.2, 0.25) is 0 Å². The molecule has 198 valence electrons. The lowest BCUT2D eigenvalue weighted by Gasteiger charge is -2.36. The Morgan fingerprint density at radius 1 is 0.973 bits per heavy atom. The number of amides is 3. The first kappa shape index (κ1) is 25.7. The number of ether oxygens (including phenoxy) is 1. The molecule has 1 N–H and O–H groups in total. The molecule has 8 heteroatoms. The minimum atomic E-state index is -1.18. The zero-order chi connectivity index (χ0) is 26.2. The van der Waals surface area contributed by atoms with Crippen molar-refractivity contribution in [1.29, 1.82) is 0 Å². The van der Waals surface area contributed by atoms with E-state index in [9.17, 15) is 14.4 Å². The summed E-state index contributed by atoms with van der Waals surface area (Å²) in [6, 6.07) is 8.64. The fourth-order valence-electron chi connectivity index (χ4n) is 6.45. The standard InChI is InChI=1S/C29H37N3O5/c1-20(2)30-18-11-15-29-24(27(35)32(25(29)28(30)36)16-8-3-4-9-19-33)23-22(37-29)14-10-17-31(26(23)34)21-12-6-5-7-13-21/h5-7,10-15,20,22-25,33H,3-4,8-9,16-19H2,1-2H3/t22-,23+,24-,25?,29-/m0/s1. The van der Waals surface area contributed by atoms with Gasteiger partial charge in [-0.3, -0.25) is 14.4 Å². The topological polar surface area (TPSA) is 90.4 Å². The first-order chi connectivity index (χ1) is 17.9. The van der Waals surface area contributed by atoms with E-state index in [4.69, 9.17) is 9.84 Å². The Morgan fingerprint density at radius 2 is 1.73 bits per heavy atom. The van der Waals surface area contributed by atoms with Crippen molar-refractivity contribution in [3.63, 3.8) is 0 Å². The number of rotatable bonds is 8. The molecule has 4 heterocycles. The maximum atomic E-state index is 14.2. The highest BCUT2D eigenvalue weighted by Crippen LogP contribution is 2.53. The van der Waals surface area contributed by atoms with Gasteiger partial charge in [-0.1, -0.05) is 55.3 Å². The van der Waals surface area contributed by atoms with E-state index in [0.717, 1.165) is 31.4 Å². The normalized spacial score (nSPS) is 31.0. The van der Waals surface area contributed by atoms with Crippen molar-refractivity contribution in [2.75, 3.05) is 31.1 Å². The molecule has 2 saturated heterocycles. The Bertz CT molecular complexity index is 1090. The van der Waals surface area contributed by atoms with Gasteiger partial charge in [0.1, 0.15) is 11.6 Å². The molecule has 37 heavy (non-hydrogen) atoms. The second kappa shape index (κ2) is 10.4. The summed E-state index contributed by atoms with van der Waals surface area (Å²) in [4.78, 5) is 47.4. The molecular formula is C29H37N3O5. The molecule has 0 radical (unpaired) electrons. The highest BCUT2D eigenvalue weighted by Gasteiger charge is 2.71. The van der Waals surface area contributed by atoms with Crippen molar-refractivity contribution in [2.24, 2.45) is 11.8 Å². The number of carbonyl (C=O) groups is 3. The summed E-state index contributed by atoms with van der Waals surface area (Å²) in [6.07, 6.45) is 10.2. The average molecular weight is 508 g/mol. The fourth-order valence-corrected chi connectivity index (χ4v) is 6.45. The molecule has 0 bridgehead atoms. The highest BCUT2D eigenvalue weighted by atomic mass is 16.5. The van der Waals surface area contributed by atoms with Gasteiger partial charge in [-0.05, 0) is 38.8 Å². The predicted molar refractivity (Wildman–Crippen MR) is 140 cm³/mol. The van der Waals surface area contributed by atoms with Crippen molar-refractivity contribution in [3.05, 3.63) is 54.6 Å². The van der Waals surface area contributed by atoms with Crippen LogP contribution in [0.15, 0.2) is 54.6 Å². The number of aliphatic hydroxyl groups is 1. The van der Waals surface area contributed by atoms with Crippen molar-refractivity contribution in [2.45, 2.75) is 63.3 Å². The van der Waals surface area contributed by atoms with Gasteiger partial charge in [-0.15, -0.1) is 0 Å². The van der Waals surface area contributed by atoms with E-state index < -0.39 is 29.6 Å². The summed E-state index contributed by atoms with van der Waals surface area (Å²) in [7, 11) is 0. The van der Waals surface area contributed by atoms with Crippen LogP contribution in [0.1, 0.15) is 39.5 Å². The smallest absolute Gasteiger partial charge is 0.249 e. The summed E-state index contributed by atoms with van der Waals surface area (Å²) in [5.41, 5.74) is -0.405. The number of nitrogens with zero attached hydrogens (tertiary/aromatic N) is 3. The number of anilines is 1. The first-order valence-electron chi connectivity index (χ1n) is 13.5. The zero-order valence-corrected chi connectivity index (χ0v) is 21.7. The quantitative estimate of drug-likeness (QED) is 0.431. The maximum Gasteiger partial charge on any atom is 0.249 e. The van der Waals surface area contributed by atoms with Gasteiger partial charge < -0.3 is 24.5 Å². The number of fused-ring (bicyclic) bond motifs is 2. The van der Waals surface area contributed by atoms with Crippen LogP contribution >= 0.6 is 0 Å². The van der Waals surface area contributed by atoms with Gasteiger partial charge in [0, 0.05) is 38.0 Å². The number of unbranched alkanes of at least 4 members (excludes halogenated alkanes) is 3. The average Bonchev–Trinajstić information content (AvgIpc) is 3.19. The number of carbonyl (C=O) groups excluding carboxylic acids is 3. The summed E-state index contributed by atoms with van der Waals surface area (Å²) in [5, 5.41) is 9.11. The zero-order valence-electron chi connectivity index (χ0n) is 21.7. The number of para-hydroxylation sites is 1. The van der Waals surface area contributed by atoms with Crippen LogP contribution in [0.4, 0.5) is 5.69 Å². The highest BCUT2D eigenvalue weighted by molar-refractivity contribution is 6.03. The maximum absolute atomic E-state index is 14.2. The molecule has 8 nitrogen and oxygen atoms in total. The number of hydrogen-bond donors (Lipinski definition) is 1. The molecule has 1 aromatic carbocycles. The molecule has 4 aliphatic rings. The Labute approximate surface area is 218 Å². The molecular weight excluding hydrogens is 470 g/mol. The van der Waals surface area contributed by atoms with E-state index in [1.807, 2.05) is 68.5 Å². The molecule has 0 aliphatic carbocycles. The van der Waals surface area contributed by atoms with Gasteiger partial charge in [0.2, 0.25) is 17.7 Å². The SMILES string of the molecule is CC(C)N1CC=C[C@]23O[C@H]4C=CCN(c5ccccc5)C(=O)[C@H]4[C@H]2C(=O)N(CCCCCCO)C3C1=O. The predicted octanol–water partition coefficient (Wildman–Crippen LogP) is 2.53. The van der Waals surface area contributed by atoms with Gasteiger partial charge in [0.05, 0.1) is 17.9 Å². The Hall–Kier alpha value is -2.97. The summed E-state index contributed by atoms with van der Waals surface area (Å²) in [5.74, 6) is -1.94. The number of aliphatic hydroxyl groups excluding tert-OH is 1. The number of likely N-dealkylation sites (tertiary alicyclic amines) is 1. The van der Waals surface area contributed by atoms with Crippen molar-refractivity contribution >= 4 is 23.4 Å². The minimum absolute atomic E-state index is 0.0326. The van der Waals surface area contributed by atoms with E-state index in [0.29, 0.717) is 19.6 Å². The molecule has 3 amide bonds. The third-order valence-electron chi connectivity index (χ3n) is 8.19. The molecule has 0 saturated carbocycles. The van der Waals surface area contributed by atoms with Crippen LogP contribution in [-0.4, -0.2) is 82.7 Å². The monoisotopic (exact) mass is 507 g/mol. The lowest BCUT2D eigenvalue weighted by Crippen LogP contribution is -2.56. The number of hydrogen-bond acceptors (Lipinski definition) is 5. The Balaban J connectivity index is 1.52. The van der Waals surface area contributed by atoms with E-state index in [1.54, 1.807) is 14.7 Å². The van der Waals surface area contributed by atoms with Crippen LogP contribution < -0.4 is 4.90 Å². The lowest BCUT2D eigenvalue weighted by atomic mass is 9.77. The summed E-state index contributed by atoms with van der Waals surface area (Å²) in [6.45, 7) is 5.36. The summed E-state index contributed by atoms with van der Waals surface area (Å²) >= 11 is 0. The van der Waals surface area contributed by atoms with E-state index in [-0.39, 0.29) is 30.4 Å². The molecule has 0 aromatic heterocycles. The van der Waals surface area contributed by atoms with Crippen LogP contribution in [0.25, 0.3) is 0 Å². The molecule has 1 aromatic rings. The third-order valence-corrected chi connectivity index (χ3v) is 8.19. The molecule has 1 unspecified atom stereocenters. The molecule has 4 aliphatic heterocycles. The molecule has 5 atom stereocenters. The van der Waals surface area contributed by atoms with Crippen molar-refractivity contribution < 1.29 is 24.2 Å². The lowest BCUT2D eigenvalue weighted by molar-refractivity contribution is -0.148. The fraction of sp³-hybridized carbons (Fsp3) is 0.552. The molecule has 1 spiro atoms. The van der Waals surface area contributed by atoms with Crippen molar-refractivity contribution in [3.8, 4) is 0 Å². The van der Waals surface area contributed by atoms with Crippen LogP contribution in [0.3, 0.4) is 0 Å². The van der Waals surface area contributed by atoms with E-state index in [2.05, 4.69) is 0 Å². The van der Waals surface area contributed by atoms with Crippen LogP contribution in [-0.2, 0) is 19.1 Å². The molecule has 2 fully saturated rings. The first-order valence-corrected chi connectivity index (χ1v) is 13.5. The van der Waals surface area contributed by atoms with Gasteiger partial charge in [0.15, 0.2) is 0 Å². The van der Waals surface area contributed by atoms with Gasteiger partial charge in [-0.25, -0.2) is 0 Å². The van der Waals surface area contributed by atoms with Gasteiger partial charge >= 0.3 is 0 Å². The Morgan fingerprint density at radius 3 is 2.46 bits per heavy atom. The van der Waals surface area contributed by atoms with Crippen LogP contribution in [0, 0.1) is 11.8 Å². The van der Waals surface area contributed by atoms with Gasteiger partial charge in [-0.2, -0.15) is 0 Å². The van der Waals surface area contributed by atoms with E-state index in [1.165, 1.54) is 0 Å². The third kappa shape index (κ3) is 4.30. The molecule has 5 rings (SSSR count). The Kier molecular flexibility index (Phi) is 7.23. The van der Waals surface area contributed by atoms with Crippen molar-refractivity contribution in [1.82, 2.24) is 9.80 Å². The second-order valence-electron chi connectivity index (χ2n) is 10.7. The number of benzene rings is 1. The second-order valence-corrected chi connectivity index (χ2v) is 10.7. The van der Waals surface area contributed by atoms with E-state index >= 15 is 0 Å².